The molecule has 0 aliphatic carbocycles. The van der Waals surface area contributed by atoms with Crippen LogP contribution in [0.25, 0.3) is 0 Å². The number of hydrogen-bond acceptors (Lipinski definition) is 1. The fourth-order valence-electron chi connectivity index (χ4n) is 1.98. The maximum absolute atomic E-state index is 13.7. The van der Waals surface area contributed by atoms with Gasteiger partial charge in [-0.1, -0.05) is 17.7 Å². The first-order valence-electron chi connectivity index (χ1n) is 5.63. The Bertz CT molecular complexity index is 543. The second kappa shape index (κ2) is 5.60. The van der Waals surface area contributed by atoms with Crippen LogP contribution in [0.2, 0.25) is 5.02 Å². The van der Waals surface area contributed by atoms with Crippen LogP contribution in [0.5, 0.6) is 0 Å². The first-order valence-corrected chi connectivity index (χ1v) is 7.26. The monoisotopic (exact) mass is 302 g/mol. The summed E-state index contributed by atoms with van der Waals surface area (Å²) < 4.78 is 13.7. The van der Waals surface area contributed by atoms with Crippen LogP contribution in [-0.2, 0) is 6.42 Å². The zero-order valence-corrected chi connectivity index (χ0v) is 12.5. The van der Waals surface area contributed by atoms with Gasteiger partial charge in [-0.3, -0.25) is 0 Å². The van der Waals surface area contributed by atoms with Gasteiger partial charge < -0.3 is 0 Å². The lowest BCUT2D eigenvalue weighted by Gasteiger charge is -2.11. The van der Waals surface area contributed by atoms with E-state index in [9.17, 15) is 4.39 Å². The molecule has 4 heteroatoms. The highest BCUT2D eigenvalue weighted by Crippen LogP contribution is 2.34. The molecule has 0 amide bonds. The minimum absolute atomic E-state index is 0.246. The molecule has 0 radical (unpaired) electrons. The molecule has 0 bridgehead atoms. The summed E-state index contributed by atoms with van der Waals surface area (Å²) in [7, 11) is 0. The third-order valence-electron chi connectivity index (χ3n) is 2.86. The van der Waals surface area contributed by atoms with Gasteiger partial charge in [-0.2, -0.15) is 0 Å². The Hall–Kier alpha value is -0.570. The Morgan fingerprint density at radius 2 is 2.06 bits per heavy atom. The van der Waals surface area contributed by atoms with E-state index >= 15 is 0 Å². The molecule has 0 fully saturated rings. The fourth-order valence-corrected chi connectivity index (χ4v) is 3.65. The number of thiophene rings is 1. The summed E-state index contributed by atoms with van der Waals surface area (Å²) in [5.41, 5.74) is 1.56. The average Bonchev–Trinajstić information content (AvgIpc) is 2.63. The first kappa shape index (κ1) is 13.9. The summed E-state index contributed by atoms with van der Waals surface area (Å²) in [4.78, 5) is 2.40. The van der Waals surface area contributed by atoms with Crippen LogP contribution in [0, 0.1) is 19.7 Å². The number of alkyl halides is 1. The number of rotatable bonds is 3. The molecule has 0 aliphatic heterocycles. The molecule has 1 unspecified atom stereocenters. The van der Waals surface area contributed by atoms with Gasteiger partial charge in [-0.15, -0.1) is 22.9 Å². The zero-order chi connectivity index (χ0) is 13.3. The molecule has 0 spiro atoms. The minimum Gasteiger partial charge on any atom is -0.207 e. The van der Waals surface area contributed by atoms with Crippen molar-refractivity contribution in [2.45, 2.75) is 25.6 Å². The number of benzene rings is 1. The quantitative estimate of drug-likeness (QED) is 0.640. The van der Waals surface area contributed by atoms with Crippen molar-refractivity contribution < 1.29 is 4.39 Å². The average molecular weight is 303 g/mol. The molecule has 1 aromatic carbocycles. The molecule has 2 aromatic rings. The van der Waals surface area contributed by atoms with Crippen molar-refractivity contribution in [3.05, 3.63) is 56.0 Å². The molecule has 0 aliphatic rings. The summed E-state index contributed by atoms with van der Waals surface area (Å²) in [5.74, 6) is -0.294. The van der Waals surface area contributed by atoms with E-state index in [-0.39, 0.29) is 11.2 Å². The molecule has 96 valence electrons. The molecule has 1 heterocycles. The summed E-state index contributed by atoms with van der Waals surface area (Å²) >= 11 is 14.1. The third-order valence-corrected chi connectivity index (χ3v) is 4.59. The van der Waals surface area contributed by atoms with E-state index in [0.717, 1.165) is 5.56 Å². The first-order chi connectivity index (χ1) is 8.49. The van der Waals surface area contributed by atoms with Gasteiger partial charge in [-0.05, 0) is 44.0 Å². The number of aryl methyl sites for hydroxylation is 2. The highest BCUT2D eigenvalue weighted by Gasteiger charge is 2.17. The summed E-state index contributed by atoms with van der Waals surface area (Å²) in [6.07, 6.45) is 0.407. The zero-order valence-electron chi connectivity index (χ0n) is 10.1. The summed E-state index contributed by atoms with van der Waals surface area (Å²) in [5, 5.41) is 0.189. The maximum atomic E-state index is 13.7. The van der Waals surface area contributed by atoms with Crippen LogP contribution in [0.3, 0.4) is 0 Å². The molecule has 18 heavy (non-hydrogen) atoms. The van der Waals surface area contributed by atoms with Crippen LogP contribution in [0.15, 0.2) is 24.3 Å². The number of hydrogen-bond donors (Lipinski definition) is 0. The predicted octanol–water partition coefficient (Wildman–Crippen LogP) is 5.68. The van der Waals surface area contributed by atoms with Crippen molar-refractivity contribution in [3.8, 4) is 0 Å². The Labute approximate surface area is 120 Å². The molecule has 1 aromatic heterocycles. The second-order valence-corrected chi connectivity index (χ2v) is 6.63. The molecule has 0 saturated carbocycles. The largest absolute Gasteiger partial charge is 0.207 e. The highest BCUT2D eigenvalue weighted by molar-refractivity contribution is 7.12. The molecule has 2 rings (SSSR count). The fraction of sp³-hybridized carbons (Fsp3) is 0.286. The lowest BCUT2D eigenvalue weighted by Crippen LogP contribution is -1.99. The molecule has 0 saturated heterocycles. The van der Waals surface area contributed by atoms with Gasteiger partial charge in [0, 0.05) is 20.3 Å². The lowest BCUT2D eigenvalue weighted by atomic mass is 10.0. The predicted molar refractivity (Wildman–Crippen MR) is 77.5 cm³/mol. The van der Waals surface area contributed by atoms with Crippen molar-refractivity contribution in [3.63, 3.8) is 0 Å². The Balaban J connectivity index is 2.26. The van der Waals surface area contributed by atoms with E-state index in [0.29, 0.717) is 17.0 Å². The normalized spacial score (nSPS) is 12.7. The van der Waals surface area contributed by atoms with Gasteiger partial charge in [0.2, 0.25) is 0 Å². The minimum atomic E-state index is -0.294. The molecular formula is C14H13Cl2FS. The van der Waals surface area contributed by atoms with Crippen molar-refractivity contribution >= 4 is 34.5 Å². The van der Waals surface area contributed by atoms with Crippen molar-refractivity contribution in [1.29, 1.82) is 0 Å². The Morgan fingerprint density at radius 1 is 1.33 bits per heavy atom. The lowest BCUT2D eigenvalue weighted by molar-refractivity contribution is 0.607. The smallest absolute Gasteiger partial charge is 0.127 e. The summed E-state index contributed by atoms with van der Waals surface area (Å²) in [6.45, 7) is 4.08. The Kier molecular flexibility index (Phi) is 4.31. The van der Waals surface area contributed by atoms with Gasteiger partial charge in [0.05, 0.1) is 5.38 Å². The van der Waals surface area contributed by atoms with Crippen LogP contribution in [-0.4, -0.2) is 0 Å². The van der Waals surface area contributed by atoms with Crippen LogP contribution < -0.4 is 0 Å². The summed E-state index contributed by atoms with van der Waals surface area (Å²) in [6, 6.07) is 6.77. The number of halogens is 3. The standard InChI is InChI=1S/C14H13Cl2FS/c1-8-6-10(9(2)18-8)13(16)7-11-12(15)4-3-5-14(11)17/h3-6,13H,7H2,1-2H3. The van der Waals surface area contributed by atoms with Crippen LogP contribution >= 0.6 is 34.5 Å². The van der Waals surface area contributed by atoms with Crippen molar-refractivity contribution in [2.75, 3.05) is 0 Å². The van der Waals surface area contributed by atoms with E-state index < -0.39 is 0 Å². The highest BCUT2D eigenvalue weighted by atomic mass is 35.5. The van der Waals surface area contributed by atoms with E-state index in [2.05, 4.69) is 6.07 Å². The molecule has 1 atom stereocenters. The van der Waals surface area contributed by atoms with E-state index in [1.54, 1.807) is 23.5 Å². The van der Waals surface area contributed by atoms with Crippen LogP contribution in [0.4, 0.5) is 4.39 Å². The van der Waals surface area contributed by atoms with Gasteiger partial charge in [0.15, 0.2) is 0 Å². The Morgan fingerprint density at radius 3 is 2.61 bits per heavy atom. The van der Waals surface area contributed by atoms with E-state index in [1.807, 2.05) is 13.8 Å². The van der Waals surface area contributed by atoms with Crippen molar-refractivity contribution in [2.24, 2.45) is 0 Å². The van der Waals surface area contributed by atoms with Gasteiger partial charge in [-0.25, -0.2) is 4.39 Å². The van der Waals surface area contributed by atoms with Gasteiger partial charge >= 0.3 is 0 Å². The van der Waals surface area contributed by atoms with E-state index in [1.165, 1.54) is 15.8 Å². The second-order valence-electron chi connectivity index (χ2n) is 4.24. The van der Waals surface area contributed by atoms with Crippen LogP contribution in [0.1, 0.15) is 26.3 Å². The molecule has 0 nitrogen and oxygen atoms in total. The van der Waals surface area contributed by atoms with Crippen molar-refractivity contribution in [1.82, 2.24) is 0 Å². The van der Waals surface area contributed by atoms with Gasteiger partial charge in [0.25, 0.3) is 0 Å². The van der Waals surface area contributed by atoms with Gasteiger partial charge in [0.1, 0.15) is 5.82 Å². The third kappa shape index (κ3) is 2.87. The maximum Gasteiger partial charge on any atom is 0.127 e. The molecular weight excluding hydrogens is 290 g/mol. The topological polar surface area (TPSA) is 0 Å². The molecule has 0 N–H and O–H groups in total. The van der Waals surface area contributed by atoms with E-state index in [4.69, 9.17) is 23.2 Å². The SMILES string of the molecule is Cc1cc(C(Cl)Cc2c(F)cccc2Cl)c(C)s1.